The lowest BCUT2D eigenvalue weighted by atomic mass is 10.0. The Labute approximate surface area is 198 Å². The first-order chi connectivity index (χ1) is 15.8. The van der Waals surface area contributed by atoms with Crippen LogP contribution in [-0.2, 0) is 19.1 Å². The van der Waals surface area contributed by atoms with Crippen molar-refractivity contribution in [3.63, 3.8) is 0 Å². The molecule has 12 heteroatoms. The molecule has 2 aromatic rings. The van der Waals surface area contributed by atoms with E-state index >= 15 is 0 Å². The Hall–Kier alpha value is -2.99. The lowest BCUT2D eigenvalue weighted by Crippen LogP contribution is -2.13. The lowest BCUT2D eigenvalue weighted by Gasteiger charge is -2.14. The molecule has 0 saturated heterocycles. The minimum atomic E-state index is -4.42. The fourth-order valence-corrected chi connectivity index (χ4v) is 4.83. The van der Waals surface area contributed by atoms with Crippen molar-refractivity contribution in [1.29, 1.82) is 0 Å². The maximum atomic E-state index is 13.3. The second kappa shape index (κ2) is 8.41. The largest absolute Gasteiger partial charge is 0.454 e. The summed E-state index contributed by atoms with van der Waals surface area (Å²) < 4.78 is 53.2. The molecule has 170 valence electrons. The average molecular weight is 538 g/mol. The molecule has 0 spiro atoms. The number of nitrogens with zero attached hydrogens (tertiary/aromatic N) is 4. The molecule has 3 aliphatic heterocycles. The van der Waals surface area contributed by atoms with Crippen LogP contribution in [0.15, 0.2) is 57.3 Å². The summed E-state index contributed by atoms with van der Waals surface area (Å²) >= 11 is 4.80. The number of alkyl halides is 3. The summed E-state index contributed by atoms with van der Waals surface area (Å²) in [7, 11) is 0. The number of aromatic nitrogens is 4. The SMILES string of the molecule is Nc1ncn(CCc2ccccc2C(F)(F)F)c2nc(Sc3cc4c(cc3Br)OCO4)nc1-2. The van der Waals surface area contributed by atoms with Crippen molar-refractivity contribution in [2.75, 3.05) is 12.5 Å². The average Bonchev–Trinajstić information content (AvgIpc) is 3.40. The molecular formula is C21H15BrF3N5O2S. The van der Waals surface area contributed by atoms with Crippen molar-refractivity contribution in [1.82, 2.24) is 19.5 Å². The summed E-state index contributed by atoms with van der Waals surface area (Å²) in [5.74, 6) is 1.91. The van der Waals surface area contributed by atoms with Crippen LogP contribution >= 0.6 is 27.7 Å². The van der Waals surface area contributed by atoms with Crippen LogP contribution in [0.5, 0.6) is 11.5 Å². The fourth-order valence-electron chi connectivity index (χ4n) is 3.47. The van der Waals surface area contributed by atoms with E-state index < -0.39 is 11.7 Å². The van der Waals surface area contributed by atoms with Crippen molar-refractivity contribution >= 4 is 33.5 Å². The summed E-state index contributed by atoms with van der Waals surface area (Å²) in [6.07, 6.45) is -2.81. The number of imidazole rings is 1. The normalized spacial score (nSPS) is 13.1. The van der Waals surface area contributed by atoms with Crippen LogP contribution in [0.4, 0.5) is 19.0 Å². The quantitative estimate of drug-likeness (QED) is 0.371. The van der Waals surface area contributed by atoms with Gasteiger partial charge in [-0.3, -0.25) is 0 Å². The molecule has 33 heavy (non-hydrogen) atoms. The Morgan fingerprint density at radius 3 is 2.67 bits per heavy atom. The topological polar surface area (TPSA) is 88.1 Å². The molecule has 0 aromatic heterocycles. The van der Waals surface area contributed by atoms with Crippen LogP contribution in [0.2, 0.25) is 0 Å². The van der Waals surface area contributed by atoms with Gasteiger partial charge in [0.25, 0.3) is 0 Å². The minimum absolute atomic E-state index is 0.143. The molecule has 2 N–H and O–H groups in total. The van der Waals surface area contributed by atoms with Gasteiger partial charge >= 0.3 is 6.18 Å². The zero-order valence-electron chi connectivity index (χ0n) is 16.8. The zero-order chi connectivity index (χ0) is 23.2. The molecular weight excluding hydrogens is 523 g/mol. The molecule has 7 nitrogen and oxygen atoms in total. The number of rotatable bonds is 5. The molecule has 0 radical (unpaired) electrons. The molecule has 0 fully saturated rings. The van der Waals surface area contributed by atoms with E-state index in [4.69, 9.17) is 15.2 Å². The van der Waals surface area contributed by atoms with Crippen molar-refractivity contribution in [3.05, 3.63) is 58.3 Å². The van der Waals surface area contributed by atoms with Crippen LogP contribution in [0, 0.1) is 0 Å². The minimum Gasteiger partial charge on any atom is -0.454 e. The van der Waals surface area contributed by atoms with Gasteiger partial charge in [0.1, 0.15) is 0 Å². The van der Waals surface area contributed by atoms with Gasteiger partial charge in [0.05, 0.1) is 11.9 Å². The van der Waals surface area contributed by atoms with Gasteiger partial charge in [0.2, 0.25) is 6.79 Å². The summed E-state index contributed by atoms with van der Waals surface area (Å²) in [6.45, 7) is 0.389. The number of fused-ring (bicyclic) bond motifs is 2. The number of hydrogen-bond acceptors (Lipinski definition) is 7. The number of hydrogen-bond donors (Lipinski definition) is 1. The third-order valence-electron chi connectivity index (χ3n) is 5.04. The van der Waals surface area contributed by atoms with E-state index in [9.17, 15) is 13.2 Å². The van der Waals surface area contributed by atoms with Crippen LogP contribution in [0.25, 0.3) is 11.5 Å². The number of nitrogen functional groups attached to an aromatic ring is 1. The molecule has 0 aliphatic carbocycles. The summed E-state index contributed by atoms with van der Waals surface area (Å²) in [5.41, 5.74) is 5.93. The van der Waals surface area contributed by atoms with Gasteiger partial charge < -0.3 is 19.8 Å². The maximum absolute atomic E-state index is 13.3. The molecule has 0 saturated carbocycles. The predicted octanol–water partition coefficient (Wildman–Crippen LogP) is 5.26. The molecule has 0 bridgehead atoms. The van der Waals surface area contributed by atoms with Crippen LogP contribution in [0.3, 0.4) is 0 Å². The Balaban J connectivity index is 1.43. The molecule has 0 atom stereocenters. The third kappa shape index (κ3) is 4.32. The highest BCUT2D eigenvalue weighted by Gasteiger charge is 2.32. The Bertz CT molecular complexity index is 1310. The molecule has 3 aliphatic rings. The molecule has 5 rings (SSSR count). The standard InChI is InChI=1S/C21H15BrF3N5O2S/c22-13-7-14-15(32-10-31-14)8-16(13)33-20-28-17-18(26)27-9-30(19(17)29-20)6-5-11-3-1-2-4-12(11)21(23,24)25/h1-4,7-9H,5-6,10,26H2. The van der Waals surface area contributed by atoms with E-state index in [1.807, 2.05) is 12.1 Å². The van der Waals surface area contributed by atoms with Crippen LogP contribution in [0.1, 0.15) is 11.1 Å². The number of halogens is 4. The molecule has 3 heterocycles. The van der Waals surface area contributed by atoms with Crippen molar-refractivity contribution in [3.8, 4) is 23.0 Å². The number of ether oxygens (including phenoxy) is 2. The summed E-state index contributed by atoms with van der Waals surface area (Å²) in [4.78, 5) is 14.0. The summed E-state index contributed by atoms with van der Waals surface area (Å²) in [6, 6.07) is 9.15. The highest BCUT2D eigenvalue weighted by Crippen LogP contribution is 2.43. The van der Waals surface area contributed by atoms with E-state index in [2.05, 4.69) is 30.9 Å². The number of aryl methyl sites for hydroxylation is 2. The first-order valence-electron chi connectivity index (χ1n) is 9.70. The van der Waals surface area contributed by atoms with Crippen molar-refractivity contribution < 1.29 is 22.6 Å². The monoisotopic (exact) mass is 537 g/mol. The highest BCUT2D eigenvalue weighted by molar-refractivity contribution is 9.10. The molecule has 0 unspecified atom stereocenters. The first kappa shape index (κ1) is 21.8. The molecule has 2 aromatic carbocycles. The van der Waals surface area contributed by atoms with E-state index in [0.717, 1.165) is 15.4 Å². The van der Waals surface area contributed by atoms with Crippen molar-refractivity contribution in [2.24, 2.45) is 0 Å². The van der Waals surface area contributed by atoms with Gasteiger partial charge in [-0.2, -0.15) is 13.2 Å². The van der Waals surface area contributed by atoms with Crippen LogP contribution < -0.4 is 15.2 Å². The van der Waals surface area contributed by atoms with Gasteiger partial charge in [0, 0.05) is 15.9 Å². The van der Waals surface area contributed by atoms with Crippen molar-refractivity contribution in [2.45, 2.75) is 29.2 Å². The van der Waals surface area contributed by atoms with E-state index in [-0.39, 0.29) is 31.1 Å². The van der Waals surface area contributed by atoms with Gasteiger partial charge in [-0.05, 0) is 57.9 Å². The fraction of sp³-hybridized carbons (Fsp3) is 0.190. The number of nitrogens with two attached hydrogens (primary N) is 1. The number of anilines is 1. The van der Waals surface area contributed by atoms with E-state index in [1.54, 1.807) is 10.6 Å². The number of benzene rings is 2. The lowest BCUT2D eigenvalue weighted by molar-refractivity contribution is -0.138. The Kier molecular flexibility index (Phi) is 5.57. The van der Waals surface area contributed by atoms with Gasteiger partial charge in [-0.15, -0.1) is 0 Å². The van der Waals surface area contributed by atoms with E-state index in [1.165, 1.54) is 30.2 Å². The van der Waals surface area contributed by atoms with Gasteiger partial charge in [-0.25, -0.2) is 15.0 Å². The maximum Gasteiger partial charge on any atom is 0.416 e. The van der Waals surface area contributed by atoms with Gasteiger partial charge in [0.15, 0.2) is 34.0 Å². The van der Waals surface area contributed by atoms with Crippen LogP contribution in [-0.4, -0.2) is 26.3 Å². The highest BCUT2D eigenvalue weighted by atomic mass is 79.9. The second-order valence-electron chi connectivity index (χ2n) is 7.14. The predicted molar refractivity (Wildman–Crippen MR) is 118 cm³/mol. The van der Waals surface area contributed by atoms with Gasteiger partial charge in [-0.1, -0.05) is 18.2 Å². The first-order valence-corrected chi connectivity index (χ1v) is 11.3. The Morgan fingerprint density at radius 2 is 1.88 bits per heavy atom. The third-order valence-corrected chi connectivity index (χ3v) is 6.89. The second-order valence-corrected chi connectivity index (χ2v) is 9.01. The Morgan fingerprint density at radius 1 is 1.12 bits per heavy atom. The smallest absolute Gasteiger partial charge is 0.416 e. The molecule has 0 amide bonds. The van der Waals surface area contributed by atoms with E-state index in [0.29, 0.717) is 28.2 Å². The zero-order valence-corrected chi connectivity index (χ0v) is 19.2. The summed E-state index contributed by atoms with van der Waals surface area (Å²) in [5, 5.41) is 0.425.